The molecule has 2 rings (SSSR count). The van der Waals surface area contributed by atoms with Crippen LogP contribution < -0.4 is 0 Å². The topological polar surface area (TPSA) is 43.1 Å². The minimum absolute atomic E-state index is 0.726. The van der Waals surface area contributed by atoms with Gasteiger partial charge in [0.15, 0.2) is 6.29 Å². The van der Waals surface area contributed by atoms with Gasteiger partial charge in [0.05, 0.1) is 5.69 Å². The minimum Gasteiger partial charge on any atom is -0.361 e. The van der Waals surface area contributed by atoms with Crippen LogP contribution in [0.1, 0.15) is 27.4 Å². The molecule has 1 aromatic heterocycles. The quantitative estimate of drug-likeness (QED) is 0.613. The van der Waals surface area contributed by atoms with Crippen molar-refractivity contribution in [3.63, 3.8) is 0 Å². The van der Waals surface area contributed by atoms with Crippen molar-refractivity contribution in [3.8, 4) is 0 Å². The number of hydrogen-bond donors (Lipinski definition) is 0. The lowest BCUT2D eigenvalue weighted by Gasteiger charge is -2.03. The first-order valence-corrected chi connectivity index (χ1v) is 6.29. The number of thioether (sulfide) groups is 1. The molecule has 0 aliphatic carbocycles. The van der Waals surface area contributed by atoms with Gasteiger partial charge in [-0.05, 0) is 19.9 Å². The van der Waals surface area contributed by atoms with Gasteiger partial charge in [-0.1, -0.05) is 23.4 Å². The first kappa shape index (κ1) is 11.9. The molecule has 0 N–H and O–H groups in total. The van der Waals surface area contributed by atoms with E-state index in [-0.39, 0.29) is 0 Å². The Balaban J connectivity index is 2.15. The Bertz CT molecular complexity index is 514. The van der Waals surface area contributed by atoms with Crippen LogP contribution in [0.15, 0.2) is 33.7 Å². The van der Waals surface area contributed by atoms with Gasteiger partial charge in [0.2, 0.25) is 0 Å². The maximum absolute atomic E-state index is 10.9. The second-order valence-electron chi connectivity index (χ2n) is 3.75. The van der Waals surface area contributed by atoms with Crippen molar-refractivity contribution in [3.05, 3.63) is 46.8 Å². The van der Waals surface area contributed by atoms with Crippen LogP contribution in [0.4, 0.5) is 0 Å². The maximum atomic E-state index is 10.9. The van der Waals surface area contributed by atoms with Gasteiger partial charge < -0.3 is 4.52 Å². The minimum atomic E-state index is 0.726. The molecule has 1 aromatic carbocycles. The van der Waals surface area contributed by atoms with E-state index in [9.17, 15) is 4.79 Å². The number of carbonyl (C=O) groups excluding carboxylic acids is 1. The summed E-state index contributed by atoms with van der Waals surface area (Å²) in [6.45, 7) is 3.83. The number of hydrogen-bond acceptors (Lipinski definition) is 4. The molecule has 2 aromatic rings. The third kappa shape index (κ3) is 2.58. The molecule has 17 heavy (non-hydrogen) atoms. The van der Waals surface area contributed by atoms with Crippen molar-refractivity contribution < 1.29 is 9.32 Å². The second-order valence-corrected chi connectivity index (χ2v) is 4.76. The molecule has 3 nitrogen and oxygen atoms in total. The molecule has 0 unspecified atom stereocenters. The lowest BCUT2D eigenvalue weighted by molar-refractivity contribution is 0.112. The molecule has 0 aliphatic rings. The summed E-state index contributed by atoms with van der Waals surface area (Å²) in [6.07, 6.45) is 0.885. The fourth-order valence-electron chi connectivity index (χ4n) is 1.57. The molecule has 0 amide bonds. The summed E-state index contributed by atoms with van der Waals surface area (Å²) >= 11 is 1.63. The van der Waals surface area contributed by atoms with Gasteiger partial charge in [-0.15, -0.1) is 11.8 Å². The van der Waals surface area contributed by atoms with Gasteiger partial charge in [-0.3, -0.25) is 4.79 Å². The zero-order valence-corrected chi connectivity index (χ0v) is 10.6. The molecular formula is C13H13NO2S. The van der Waals surface area contributed by atoms with Crippen LogP contribution in [0.25, 0.3) is 0 Å². The van der Waals surface area contributed by atoms with Gasteiger partial charge in [0.25, 0.3) is 0 Å². The summed E-state index contributed by atoms with van der Waals surface area (Å²) in [7, 11) is 0. The van der Waals surface area contributed by atoms with Crippen molar-refractivity contribution in [2.75, 3.05) is 0 Å². The highest BCUT2D eigenvalue weighted by Gasteiger charge is 2.10. The van der Waals surface area contributed by atoms with Crippen molar-refractivity contribution in [2.24, 2.45) is 0 Å². The number of rotatable bonds is 4. The fourth-order valence-corrected chi connectivity index (χ4v) is 2.74. The van der Waals surface area contributed by atoms with Gasteiger partial charge in [-0.25, -0.2) is 0 Å². The van der Waals surface area contributed by atoms with E-state index in [1.54, 1.807) is 11.8 Å². The summed E-state index contributed by atoms with van der Waals surface area (Å²) in [5.74, 6) is 1.62. The highest BCUT2D eigenvalue weighted by atomic mass is 32.2. The molecule has 0 radical (unpaired) electrons. The van der Waals surface area contributed by atoms with E-state index in [0.717, 1.165) is 39.5 Å². The first-order valence-electron chi connectivity index (χ1n) is 5.31. The van der Waals surface area contributed by atoms with Gasteiger partial charge in [0, 0.05) is 21.8 Å². The lowest BCUT2D eigenvalue weighted by Crippen LogP contribution is -1.88. The number of nitrogens with zero attached hydrogens (tertiary/aromatic N) is 1. The van der Waals surface area contributed by atoms with Crippen LogP contribution >= 0.6 is 11.8 Å². The molecule has 0 fully saturated rings. The number of carbonyl (C=O) groups is 1. The smallest absolute Gasteiger partial charge is 0.151 e. The Kier molecular flexibility index (Phi) is 3.64. The standard InChI is InChI=1S/C13H13NO2S/c1-9-12(10(2)16-14-9)8-17-13-6-4-3-5-11(13)7-15/h3-7H,8H2,1-2H3. The van der Waals surface area contributed by atoms with E-state index in [1.165, 1.54) is 0 Å². The molecular weight excluding hydrogens is 234 g/mol. The van der Waals surface area contributed by atoms with Gasteiger partial charge >= 0.3 is 0 Å². The summed E-state index contributed by atoms with van der Waals surface area (Å²) < 4.78 is 5.11. The van der Waals surface area contributed by atoms with Crippen molar-refractivity contribution in [2.45, 2.75) is 24.5 Å². The van der Waals surface area contributed by atoms with E-state index in [4.69, 9.17) is 4.52 Å². The van der Waals surface area contributed by atoms with Crippen LogP contribution in [-0.4, -0.2) is 11.4 Å². The van der Waals surface area contributed by atoms with Crippen molar-refractivity contribution in [1.82, 2.24) is 5.16 Å². The summed E-state index contributed by atoms with van der Waals surface area (Å²) in [6, 6.07) is 7.57. The maximum Gasteiger partial charge on any atom is 0.151 e. The van der Waals surface area contributed by atoms with Crippen molar-refractivity contribution >= 4 is 18.0 Å². The highest BCUT2D eigenvalue weighted by Crippen LogP contribution is 2.27. The summed E-state index contributed by atoms with van der Waals surface area (Å²) in [5.41, 5.74) is 2.75. The predicted octanol–water partition coefficient (Wildman–Crippen LogP) is 3.40. The van der Waals surface area contributed by atoms with Crippen LogP contribution in [0.5, 0.6) is 0 Å². The Morgan fingerprint density at radius 3 is 2.76 bits per heavy atom. The van der Waals surface area contributed by atoms with Crippen LogP contribution in [-0.2, 0) is 5.75 Å². The predicted molar refractivity (Wildman–Crippen MR) is 67.4 cm³/mol. The van der Waals surface area contributed by atoms with E-state index in [2.05, 4.69) is 5.16 Å². The molecule has 4 heteroatoms. The Labute approximate surface area is 104 Å². The Morgan fingerprint density at radius 2 is 2.12 bits per heavy atom. The van der Waals surface area contributed by atoms with Crippen LogP contribution in [0.3, 0.4) is 0 Å². The average Bonchev–Trinajstić information content (AvgIpc) is 2.67. The molecule has 0 atom stereocenters. The van der Waals surface area contributed by atoms with E-state index in [1.807, 2.05) is 38.1 Å². The largest absolute Gasteiger partial charge is 0.361 e. The van der Waals surface area contributed by atoms with Crippen LogP contribution in [0, 0.1) is 13.8 Å². The highest BCUT2D eigenvalue weighted by molar-refractivity contribution is 7.98. The van der Waals surface area contributed by atoms with E-state index in [0.29, 0.717) is 0 Å². The van der Waals surface area contributed by atoms with E-state index >= 15 is 0 Å². The normalized spacial score (nSPS) is 10.5. The molecule has 1 heterocycles. The average molecular weight is 247 g/mol. The third-order valence-electron chi connectivity index (χ3n) is 2.60. The second kappa shape index (κ2) is 5.19. The number of aromatic nitrogens is 1. The number of aldehydes is 1. The summed E-state index contributed by atoms with van der Waals surface area (Å²) in [5, 5.41) is 3.91. The molecule has 0 aliphatic heterocycles. The molecule has 0 bridgehead atoms. The summed E-state index contributed by atoms with van der Waals surface area (Å²) in [4.78, 5) is 11.9. The SMILES string of the molecule is Cc1noc(C)c1CSc1ccccc1C=O. The van der Waals surface area contributed by atoms with Gasteiger partial charge in [-0.2, -0.15) is 0 Å². The monoisotopic (exact) mass is 247 g/mol. The lowest BCUT2D eigenvalue weighted by atomic mass is 10.2. The molecule has 0 saturated carbocycles. The third-order valence-corrected chi connectivity index (χ3v) is 3.72. The van der Waals surface area contributed by atoms with Crippen LogP contribution in [0.2, 0.25) is 0 Å². The zero-order chi connectivity index (χ0) is 12.3. The first-order chi connectivity index (χ1) is 8.22. The Morgan fingerprint density at radius 1 is 1.35 bits per heavy atom. The molecule has 0 spiro atoms. The number of benzene rings is 1. The zero-order valence-electron chi connectivity index (χ0n) is 9.77. The van der Waals surface area contributed by atoms with Gasteiger partial charge in [0.1, 0.15) is 5.76 Å². The molecule has 88 valence electrons. The fraction of sp³-hybridized carbons (Fsp3) is 0.231. The molecule has 0 saturated heterocycles. The van der Waals surface area contributed by atoms with Crippen molar-refractivity contribution in [1.29, 1.82) is 0 Å². The van der Waals surface area contributed by atoms with E-state index < -0.39 is 0 Å². The Hall–Kier alpha value is -1.55. The number of aryl methyl sites for hydroxylation is 2.